The Labute approximate surface area is 130 Å². The van der Waals surface area contributed by atoms with Gasteiger partial charge in [-0.2, -0.15) is 13.2 Å². The van der Waals surface area contributed by atoms with Crippen LogP contribution in [0.2, 0.25) is 0 Å². The van der Waals surface area contributed by atoms with Gasteiger partial charge in [0.2, 0.25) is 5.91 Å². The molecule has 0 unspecified atom stereocenters. The Morgan fingerprint density at radius 2 is 2.04 bits per heavy atom. The first-order valence-electron chi connectivity index (χ1n) is 7.93. The topological polar surface area (TPSA) is 36.1 Å². The molecule has 3 heterocycles. The first kappa shape index (κ1) is 13.5. The minimum Gasteiger partial charge on any atom is -0.358 e. The number of aromatic nitrogens is 1. The first-order chi connectivity index (χ1) is 10.9. The lowest BCUT2D eigenvalue weighted by Gasteiger charge is -2.30. The molecule has 1 amide bonds. The largest absolute Gasteiger partial charge is 0.416 e. The first-order valence-corrected chi connectivity index (χ1v) is 7.93. The molecule has 2 fully saturated rings. The third-order valence-corrected chi connectivity index (χ3v) is 5.77. The highest BCUT2D eigenvalue weighted by molar-refractivity contribution is 5.92. The van der Waals surface area contributed by atoms with Gasteiger partial charge in [0.15, 0.2) is 0 Å². The number of halogens is 3. The summed E-state index contributed by atoms with van der Waals surface area (Å²) in [5, 5.41) is 0.550. The van der Waals surface area contributed by atoms with Crippen LogP contribution in [0.25, 0.3) is 10.9 Å². The van der Waals surface area contributed by atoms with Crippen molar-refractivity contribution in [1.29, 1.82) is 0 Å². The Morgan fingerprint density at radius 3 is 2.78 bits per heavy atom. The summed E-state index contributed by atoms with van der Waals surface area (Å²) in [6, 6.07) is 4.01. The van der Waals surface area contributed by atoms with Crippen molar-refractivity contribution in [3.8, 4) is 0 Å². The van der Waals surface area contributed by atoms with Crippen LogP contribution in [-0.4, -0.2) is 28.4 Å². The number of rotatable bonds is 0. The minimum absolute atomic E-state index is 0.0549. The van der Waals surface area contributed by atoms with Gasteiger partial charge in [-0.1, -0.05) is 0 Å². The Balaban J connectivity index is 1.72. The molecule has 2 aliphatic heterocycles. The average Bonchev–Trinajstić information content (AvgIpc) is 3.16. The maximum atomic E-state index is 13.0. The molecule has 1 N–H and O–H groups in total. The molecule has 0 radical (unpaired) electrons. The van der Waals surface area contributed by atoms with Crippen LogP contribution >= 0.6 is 0 Å². The second kappa shape index (κ2) is 4.10. The molecule has 3 nitrogen and oxygen atoms in total. The fourth-order valence-corrected chi connectivity index (χ4v) is 4.83. The molecule has 1 saturated carbocycles. The number of carbonyl (C=O) groups excluding carboxylic acids is 1. The smallest absolute Gasteiger partial charge is 0.358 e. The number of nitrogens with one attached hydrogen (secondary N) is 1. The van der Waals surface area contributed by atoms with E-state index in [-0.39, 0.29) is 24.3 Å². The lowest BCUT2D eigenvalue weighted by molar-refractivity contribution is -0.137. The Bertz CT molecular complexity index is 838. The van der Waals surface area contributed by atoms with Crippen LogP contribution in [0.1, 0.15) is 35.6 Å². The van der Waals surface area contributed by atoms with Crippen LogP contribution in [0.5, 0.6) is 0 Å². The number of alkyl halides is 3. The number of benzene rings is 1. The summed E-state index contributed by atoms with van der Waals surface area (Å²) in [5.41, 5.74) is 1.81. The number of fused-ring (bicyclic) bond motifs is 5. The fourth-order valence-electron chi connectivity index (χ4n) is 4.83. The number of nitrogens with zero attached hydrogens (tertiary/aromatic N) is 1. The number of hydrogen-bond donors (Lipinski definition) is 1. The molecule has 1 aromatic heterocycles. The number of amides is 1. The van der Waals surface area contributed by atoms with Crippen molar-refractivity contribution in [2.45, 2.75) is 37.4 Å². The molecule has 0 spiro atoms. The monoisotopic (exact) mass is 320 g/mol. The summed E-state index contributed by atoms with van der Waals surface area (Å²) in [6.07, 6.45) is -2.11. The normalized spacial score (nSPS) is 29.3. The third kappa shape index (κ3) is 1.75. The summed E-state index contributed by atoms with van der Waals surface area (Å²) < 4.78 is 39.0. The SMILES string of the molecule is O=C1Cc2c([nH]c3ccc(C(F)(F)F)cc23)[C@@H]2C[C@H]3C[C@@H]2N1C3. The lowest BCUT2D eigenvalue weighted by atomic mass is 9.93. The van der Waals surface area contributed by atoms with Crippen LogP contribution in [0, 0.1) is 5.92 Å². The van der Waals surface area contributed by atoms with Crippen LogP contribution in [-0.2, 0) is 17.4 Å². The summed E-state index contributed by atoms with van der Waals surface area (Å²) in [7, 11) is 0. The second-order valence-electron chi connectivity index (χ2n) is 7.01. The van der Waals surface area contributed by atoms with E-state index in [0.29, 0.717) is 16.8 Å². The minimum atomic E-state index is -4.37. The quantitative estimate of drug-likeness (QED) is 0.793. The summed E-state index contributed by atoms with van der Waals surface area (Å²) in [6.45, 7) is 0.815. The molecule has 3 atom stereocenters. The molecule has 2 aromatic rings. The van der Waals surface area contributed by atoms with Crippen molar-refractivity contribution in [1.82, 2.24) is 9.88 Å². The average molecular weight is 320 g/mol. The maximum absolute atomic E-state index is 13.0. The highest BCUT2D eigenvalue weighted by Crippen LogP contribution is 2.50. The molecule has 1 aliphatic carbocycles. The van der Waals surface area contributed by atoms with Crippen molar-refractivity contribution in [3.63, 3.8) is 0 Å². The van der Waals surface area contributed by atoms with Gasteiger partial charge < -0.3 is 9.88 Å². The lowest BCUT2D eigenvalue weighted by Crippen LogP contribution is -2.40. The Hall–Kier alpha value is -1.98. The fraction of sp³-hybridized carbons (Fsp3) is 0.471. The number of piperidine rings is 1. The van der Waals surface area contributed by atoms with Gasteiger partial charge >= 0.3 is 6.18 Å². The van der Waals surface area contributed by atoms with E-state index in [1.165, 1.54) is 12.1 Å². The van der Waals surface area contributed by atoms with Gasteiger partial charge in [0, 0.05) is 35.1 Å². The van der Waals surface area contributed by atoms with Crippen LogP contribution in [0.4, 0.5) is 13.2 Å². The predicted octanol–water partition coefficient (Wildman–Crippen LogP) is 3.45. The molecule has 5 rings (SSSR count). The molecular formula is C17H15F3N2O. The third-order valence-electron chi connectivity index (χ3n) is 5.77. The van der Waals surface area contributed by atoms with E-state index in [2.05, 4.69) is 4.98 Å². The van der Waals surface area contributed by atoms with E-state index in [4.69, 9.17) is 0 Å². The number of hydrogen-bond acceptors (Lipinski definition) is 1. The highest BCUT2D eigenvalue weighted by Gasteiger charge is 2.50. The molecule has 1 aromatic carbocycles. The second-order valence-corrected chi connectivity index (χ2v) is 7.01. The van der Waals surface area contributed by atoms with E-state index >= 15 is 0 Å². The molecule has 3 aliphatic rings. The van der Waals surface area contributed by atoms with Crippen LogP contribution in [0.3, 0.4) is 0 Å². The summed E-state index contributed by atoms with van der Waals surface area (Å²) in [4.78, 5) is 17.8. The number of aromatic amines is 1. The maximum Gasteiger partial charge on any atom is 0.416 e. The summed E-state index contributed by atoms with van der Waals surface area (Å²) >= 11 is 0. The summed E-state index contributed by atoms with van der Waals surface area (Å²) in [5.74, 6) is 0.841. The Kier molecular flexibility index (Phi) is 2.40. The van der Waals surface area contributed by atoms with E-state index in [0.717, 1.165) is 36.7 Å². The van der Waals surface area contributed by atoms with Gasteiger partial charge in [-0.15, -0.1) is 0 Å². The zero-order valence-corrected chi connectivity index (χ0v) is 12.3. The van der Waals surface area contributed by atoms with Crippen molar-refractivity contribution in [2.24, 2.45) is 5.92 Å². The molecule has 23 heavy (non-hydrogen) atoms. The predicted molar refractivity (Wildman–Crippen MR) is 78.0 cm³/mol. The molecule has 2 bridgehead atoms. The van der Waals surface area contributed by atoms with E-state index in [9.17, 15) is 18.0 Å². The van der Waals surface area contributed by atoms with Gasteiger partial charge in [0.1, 0.15) is 0 Å². The molecule has 1 saturated heterocycles. The van der Waals surface area contributed by atoms with E-state index in [1.807, 2.05) is 4.90 Å². The molecular weight excluding hydrogens is 305 g/mol. The highest BCUT2D eigenvalue weighted by atomic mass is 19.4. The number of H-pyrrole nitrogens is 1. The Morgan fingerprint density at radius 1 is 1.22 bits per heavy atom. The molecule has 120 valence electrons. The van der Waals surface area contributed by atoms with Gasteiger partial charge in [-0.3, -0.25) is 4.79 Å². The van der Waals surface area contributed by atoms with Crippen molar-refractivity contribution in [2.75, 3.05) is 6.54 Å². The van der Waals surface area contributed by atoms with Gasteiger partial charge in [0.25, 0.3) is 0 Å². The van der Waals surface area contributed by atoms with Gasteiger partial charge in [-0.25, -0.2) is 0 Å². The van der Waals surface area contributed by atoms with Gasteiger partial charge in [0.05, 0.1) is 12.0 Å². The van der Waals surface area contributed by atoms with Gasteiger partial charge in [-0.05, 0) is 42.5 Å². The van der Waals surface area contributed by atoms with Crippen molar-refractivity contribution < 1.29 is 18.0 Å². The van der Waals surface area contributed by atoms with Crippen LogP contribution in [0.15, 0.2) is 18.2 Å². The van der Waals surface area contributed by atoms with Crippen molar-refractivity contribution in [3.05, 3.63) is 35.0 Å². The zero-order valence-electron chi connectivity index (χ0n) is 12.3. The van der Waals surface area contributed by atoms with Crippen LogP contribution < -0.4 is 0 Å². The molecule has 6 heteroatoms. The van der Waals surface area contributed by atoms with E-state index in [1.54, 1.807) is 0 Å². The standard InChI is InChI=1S/C17H15F3N2O/c18-17(19,20)9-1-2-13-10(5-9)11-6-15(23)22-7-8-3-12(14(22)4-8)16(11)21-13/h1-2,5,8,12,14,21H,3-4,6-7H2/t8-,12+,14-/m0/s1. The van der Waals surface area contributed by atoms with E-state index < -0.39 is 11.7 Å². The zero-order chi connectivity index (χ0) is 15.9. The van der Waals surface area contributed by atoms with Crippen molar-refractivity contribution >= 4 is 16.8 Å². The number of carbonyl (C=O) groups is 1.